The summed E-state index contributed by atoms with van der Waals surface area (Å²) in [6.45, 7) is 5.13. The van der Waals surface area contributed by atoms with E-state index in [2.05, 4.69) is 9.97 Å². The van der Waals surface area contributed by atoms with E-state index in [-0.39, 0.29) is 17.3 Å². The Morgan fingerprint density at radius 2 is 1.96 bits per heavy atom. The molecule has 23 heavy (non-hydrogen) atoms. The number of anilines is 1. The Labute approximate surface area is 139 Å². The summed E-state index contributed by atoms with van der Waals surface area (Å²) in [7, 11) is 0. The van der Waals surface area contributed by atoms with Gasteiger partial charge < -0.3 is 15.6 Å². The van der Waals surface area contributed by atoms with Crippen molar-refractivity contribution in [3.63, 3.8) is 0 Å². The molecule has 0 spiro atoms. The van der Waals surface area contributed by atoms with Crippen LogP contribution >= 0.6 is 11.8 Å². The van der Waals surface area contributed by atoms with Gasteiger partial charge in [-0.15, -0.1) is 0 Å². The van der Waals surface area contributed by atoms with E-state index >= 15 is 0 Å². The maximum atomic E-state index is 12.8. The van der Waals surface area contributed by atoms with E-state index in [1.165, 1.54) is 17.8 Å². The van der Waals surface area contributed by atoms with Crippen LogP contribution < -0.4 is 11.3 Å². The molecule has 2 aromatic rings. The number of thioether (sulfide) groups is 1. The van der Waals surface area contributed by atoms with Crippen molar-refractivity contribution in [1.82, 2.24) is 14.9 Å². The molecular formula is C16H20N4O2S. The summed E-state index contributed by atoms with van der Waals surface area (Å²) in [5.41, 5.74) is 6.15. The van der Waals surface area contributed by atoms with Crippen molar-refractivity contribution in [3.8, 4) is 0 Å². The van der Waals surface area contributed by atoms with E-state index in [4.69, 9.17) is 5.73 Å². The zero-order chi connectivity index (χ0) is 16.8. The molecule has 0 radical (unpaired) electrons. The summed E-state index contributed by atoms with van der Waals surface area (Å²) in [6, 6.07) is 10.7. The Morgan fingerprint density at radius 3 is 2.52 bits per heavy atom. The maximum Gasteiger partial charge on any atom is 0.253 e. The number of nitrogens with two attached hydrogens (primary N) is 1. The fraction of sp³-hybridized carbons (Fsp3) is 0.312. The molecule has 2 rings (SSSR count). The molecular weight excluding hydrogens is 312 g/mol. The number of aromatic nitrogens is 2. The number of nitrogens with zero attached hydrogens (tertiary/aromatic N) is 2. The molecule has 0 fully saturated rings. The quantitative estimate of drug-likeness (QED) is 0.624. The van der Waals surface area contributed by atoms with Crippen LogP contribution in [0.3, 0.4) is 0 Å². The molecule has 122 valence electrons. The molecule has 0 aliphatic rings. The summed E-state index contributed by atoms with van der Waals surface area (Å²) in [5.74, 6) is 0.120. The van der Waals surface area contributed by atoms with Crippen molar-refractivity contribution in [2.75, 3.05) is 18.8 Å². The second kappa shape index (κ2) is 7.82. The Balaban J connectivity index is 2.37. The zero-order valence-corrected chi connectivity index (χ0v) is 14.0. The molecule has 1 heterocycles. The second-order valence-electron chi connectivity index (χ2n) is 4.89. The Hall–Kier alpha value is -2.28. The predicted octanol–water partition coefficient (Wildman–Crippen LogP) is 2.05. The normalized spacial score (nSPS) is 11.9. The smallest absolute Gasteiger partial charge is 0.253 e. The first kappa shape index (κ1) is 17.1. The molecule has 1 aromatic carbocycles. The number of carbonyl (C=O) groups excluding carboxylic acids is 1. The molecule has 0 unspecified atom stereocenters. The van der Waals surface area contributed by atoms with E-state index in [9.17, 15) is 9.59 Å². The Kier molecular flexibility index (Phi) is 5.81. The lowest BCUT2D eigenvalue weighted by atomic mass is 10.1. The Bertz CT molecular complexity index is 714. The fourth-order valence-corrected chi connectivity index (χ4v) is 3.29. The molecule has 0 aliphatic carbocycles. The highest BCUT2D eigenvalue weighted by Crippen LogP contribution is 2.34. The lowest BCUT2D eigenvalue weighted by Gasteiger charge is -2.24. The first-order valence-electron chi connectivity index (χ1n) is 7.42. The maximum absolute atomic E-state index is 12.8. The van der Waals surface area contributed by atoms with Crippen molar-refractivity contribution < 1.29 is 4.79 Å². The number of likely N-dealkylation sites (N-methyl/N-ethyl adjacent to an activating group) is 1. The SMILES string of the molecule is CCN(CC)C(=O)[C@H](Sc1nc(N)cc(=O)[nH]1)c1ccccc1. The minimum absolute atomic E-state index is 0.0173. The van der Waals surface area contributed by atoms with E-state index in [0.717, 1.165) is 5.56 Å². The topological polar surface area (TPSA) is 92.1 Å². The van der Waals surface area contributed by atoms with Gasteiger partial charge in [-0.05, 0) is 19.4 Å². The van der Waals surface area contributed by atoms with Crippen LogP contribution in [-0.2, 0) is 4.79 Å². The number of benzene rings is 1. The van der Waals surface area contributed by atoms with Gasteiger partial charge >= 0.3 is 0 Å². The van der Waals surface area contributed by atoms with E-state index in [0.29, 0.717) is 18.2 Å². The zero-order valence-electron chi connectivity index (χ0n) is 13.2. The van der Waals surface area contributed by atoms with Gasteiger partial charge in [0.15, 0.2) is 5.16 Å². The van der Waals surface area contributed by atoms with Crippen molar-refractivity contribution >= 4 is 23.5 Å². The van der Waals surface area contributed by atoms with Crippen LogP contribution in [0, 0.1) is 0 Å². The highest BCUT2D eigenvalue weighted by molar-refractivity contribution is 8.00. The highest BCUT2D eigenvalue weighted by atomic mass is 32.2. The lowest BCUT2D eigenvalue weighted by molar-refractivity contribution is -0.130. The number of nitrogens with one attached hydrogen (secondary N) is 1. The molecule has 6 nitrogen and oxygen atoms in total. The molecule has 1 atom stereocenters. The number of rotatable bonds is 6. The molecule has 1 aromatic heterocycles. The highest BCUT2D eigenvalue weighted by Gasteiger charge is 2.26. The molecule has 1 amide bonds. The van der Waals surface area contributed by atoms with Crippen LogP contribution in [0.1, 0.15) is 24.7 Å². The van der Waals surface area contributed by atoms with Crippen LogP contribution in [0.25, 0.3) is 0 Å². The standard InChI is InChI=1S/C16H20N4O2S/c1-3-20(4-2)15(22)14(11-8-6-5-7-9-11)23-16-18-12(17)10-13(21)19-16/h5-10,14H,3-4H2,1-2H3,(H3,17,18,19,21)/t14-/m1/s1. The van der Waals surface area contributed by atoms with Crippen molar-refractivity contribution in [3.05, 3.63) is 52.3 Å². The monoisotopic (exact) mass is 332 g/mol. The third-order valence-corrected chi connectivity index (χ3v) is 4.50. The van der Waals surface area contributed by atoms with Crippen LogP contribution in [0.5, 0.6) is 0 Å². The summed E-state index contributed by atoms with van der Waals surface area (Å²) in [5, 5.41) is -0.148. The van der Waals surface area contributed by atoms with Crippen molar-refractivity contribution in [1.29, 1.82) is 0 Å². The third-order valence-electron chi connectivity index (χ3n) is 3.37. The first-order valence-corrected chi connectivity index (χ1v) is 8.30. The van der Waals surface area contributed by atoms with Gasteiger partial charge in [0.2, 0.25) is 5.91 Å². The van der Waals surface area contributed by atoms with Gasteiger partial charge in [-0.1, -0.05) is 42.1 Å². The number of hydrogen-bond donors (Lipinski definition) is 2. The predicted molar refractivity (Wildman–Crippen MR) is 92.2 cm³/mol. The van der Waals surface area contributed by atoms with Gasteiger partial charge in [0.25, 0.3) is 5.56 Å². The minimum Gasteiger partial charge on any atom is -0.383 e. The van der Waals surface area contributed by atoms with Gasteiger partial charge in [0.1, 0.15) is 11.1 Å². The fourth-order valence-electron chi connectivity index (χ4n) is 2.21. The number of carbonyl (C=O) groups is 1. The summed E-state index contributed by atoms with van der Waals surface area (Å²) >= 11 is 1.20. The van der Waals surface area contributed by atoms with Crippen molar-refractivity contribution in [2.24, 2.45) is 0 Å². The van der Waals surface area contributed by atoms with Gasteiger partial charge in [-0.2, -0.15) is 0 Å². The summed E-state index contributed by atoms with van der Waals surface area (Å²) < 4.78 is 0. The third kappa shape index (κ3) is 4.35. The molecule has 0 saturated heterocycles. The van der Waals surface area contributed by atoms with Gasteiger partial charge in [0, 0.05) is 19.2 Å². The number of hydrogen-bond acceptors (Lipinski definition) is 5. The molecule has 7 heteroatoms. The molecule has 0 aliphatic heterocycles. The number of H-pyrrole nitrogens is 1. The van der Waals surface area contributed by atoms with E-state index in [1.54, 1.807) is 4.90 Å². The first-order chi connectivity index (χ1) is 11.0. The van der Waals surface area contributed by atoms with Crippen LogP contribution in [0.4, 0.5) is 5.82 Å². The number of amides is 1. The molecule has 3 N–H and O–H groups in total. The summed E-state index contributed by atoms with van der Waals surface area (Å²) in [4.78, 5) is 32.9. The average Bonchev–Trinajstić information content (AvgIpc) is 2.53. The van der Waals surface area contributed by atoms with Crippen LogP contribution in [0.15, 0.2) is 46.3 Å². The summed E-state index contributed by atoms with van der Waals surface area (Å²) in [6.07, 6.45) is 0. The van der Waals surface area contributed by atoms with Crippen molar-refractivity contribution in [2.45, 2.75) is 24.3 Å². The van der Waals surface area contributed by atoms with E-state index < -0.39 is 5.25 Å². The van der Waals surface area contributed by atoms with Crippen LogP contribution in [-0.4, -0.2) is 33.9 Å². The molecule has 0 bridgehead atoms. The number of nitrogen functional groups attached to an aromatic ring is 1. The van der Waals surface area contributed by atoms with E-state index in [1.807, 2.05) is 44.2 Å². The number of aromatic amines is 1. The minimum atomic E-state index is -0.485. The Morgan fingerprint density at radius 1 is 1.30 bits per heavy atom. The second-order valence-corrected chi connectivity index (χ2v) is 5.99. The average molecular weight is 332 g/mol. The van der Waals surface area contributed by atoms with Gasteiger partial charge in [-0.3, -0.25) is 9.59 Å². The molecule has 0 saturated carbocycles. The van der Waals surface area contributed by atoms with Gasteiger partial charge in [0.05, 0.1) is 0 Å². The van der Waals surface area contributed by atoms with Gasteiger partial charge in [-0.25, -0.2) is 4.98 Å². The largest absolute Gasteiger partial charge is 0.383 e. The lowest BCUT2D eigenvalue weighted by Crippen LogP contribution is -2.34. The van der Waals surface area contributed by atoms with Crippen LogP contribution in [0.2, 0.25) is 0 Å².